The van der Waals surface area contributed by atoms with E-state index in [-0.39, 0.29) is 18.3 Å². The van der Waals surface area contributed by atoms with Crippen LogP contribution in [0.3, 0.4) is 0 Å². The number of carbonyl (C=O) groups is 1. The van der Waals surface area contributed by atoms with Crippen molar-refractivity contribution in [2.75, 3.05) is 19.7 Å². The molecule has 3 N–H and O–H groups in total. The maximum atomic E-state index is 11.9. The van der Waals surface area contributed by atoms with Crippen molar-refractivity contribution in [1.82, 2.24) is 5.32 Å². The standard InChI is InChI=1S/C32H30ClNO5/c33-25-11-6-21(7-12-25)30-17-23(9-14-29(30)32(36)37)22-10-15-31-24(16-22)8-13-28(39-31)19-34-18-26(35)20-38-27-4-2-1-3-5-27/h1-7,9-12,14-17,26,28,34-35H,8,13,18-20H2,(H,36,37)/t26-,28+/m0/s1. The minimum atomic E-state index is -0.971. The van der Waals surface area contributed by atoms with Gasteiger partial charge in [0.15, 0.2) is 0 Å². The van der Waals surface area contributed by atoms with E-state index in [1.807, 2.05) is 66.7 Å². The molecule has 0 aliphatic carbocycles. The van der Waals surface area contributed by atoms with Crippen LogP contribution in [0.5, 0.6) is 11.5 Å². The fourth-order valence-corrected chi connectivity index (χ4v) is 4.85. The Balaban J connectivity index is 1.21. The minimum Gasteiger partial charge on any atom is -0.491 e. The first-order valence-corrected chi connectivity index (χ1v) is 13.3. The Bertz CT molecular complexity index is 1420. The highest BCUT2D eigenvalue weighted by Gasteiger charge is 2.21. The molecular weight excluding hydrogens is 514 g/mol. The highest BCUT2D eigenvalue weighted by molar-refractivity contribution is 6.30. The van der Waals surface area contributed by atoms with Crippen molar-refractivity contribution in [1.29, 1.82) is 0 Å². The molecule has 2 atom stereocenters. The van der Waals surface area contributed by atoms with Crippen LogP contribution in [0.25, 0.3) is 22.3 Å². The van der Waals surface area contributed by atoms with E-state index in [4.69, 9.17) is 21.1 Å². The zero-order valence-electron chi connectivity index (χ0n) is 21.3. The molecule has 1 aliphatic rings. The Morgan fingerprint density at radius 1 is 0.974 bits per heavy atom. The van der Waals surface area contributed by atoms with Gasteiger partial charge in [-0.15, -0.1) is 0 Å². The van der Waals surface area contributed by atoms with Gasteiger partial charge in [-0.05, 0) is 89.2 Å². The van der Waals surface area contributed by atoms with Gasteiger partial charge in [0.25, 0.3) is 0 Å². The zero-order valence-corrected chi connectivity index (χ0v) is 22.1. The van der Waals surface area contributed by atoms with E-state index in [2.05, 4.69) is 11.4 Å². The van der Waals surface area contributed by atoms with Gasteiger partial charge in [-0.3, -0.25) is 0 Å². The van der Waals surface area contributed by atoms with Crippen LogP contribution in [-0.4, -0.2) is 48.1 Å². The summed E-state index contributed by atoms with van der Waals surface area (Å²) in [5.41, 5.74) is 4.75. The fourth-order valence-electron chi connectivity index (χ4n) is 4.73. The number of para-hydroxylation sites is 1. The number of hydrogen-bond acceptors (Lipinski definition) is 5. The van der Waals surface area contributed by atoms with Gasteiger partial charge in [-0.1, -0.05) is 54.1 Å². The highest BCUT2D eigenvalue weighted by atomic mass is 35.5. The summed E-state index contributed by atoms with van der Waals surface area (Å²) in [7, 11) is 0. The van der Waals surface area contributed by atoms with Crippen molar-refractivity contribution in [2.45, 2.75) is 25.0 Å². The van der Waals surface area contributed by atoms with Crippen molar-refractivity contribution < 1.29 is 24.5 Å². The number of aryl methyl sites for hydroxylation is 1. The van der Waals surface area contributed by atoms with Crippen LogP contribution >= 0.6 is 11.6 Å². The summed E-state index contributed by atoms with van der Waals surface area (Å²) < 4.78 is 11.8. The van der Waals surface area contributed by atoms with Crippen molar-refractivity contribution in [2.24, 2.45) is 0 Å². The van der Waals surface area contributed by atoms with Crippen LogP contribution in [0.1, 0.15) is 22.3 Å². The number of ether oxygens (including phenoxy) is 2. The lowest BCUT2D eigenvalue weighted by molar-refractivity contribution is 0.0697. The number of aliphatic hydroxyl groups excluding tert-OH is 1. The van der Waals surface area contributed by atoms with Crippen LogP contribution in [0.4, 0.5) is 0 Å². The summed E-state index contributed by atoms with van der Waals surface area (Å²) in [6, 6.07) is 28.1. The van der Waals surface area contributed by atoms with Crippen LogP contribution in [-0.2, 0) is 6.42 Å². The molecule has 200 valence electrons. The summed E-state index contributed by atoms with van der Waals surface area (Å²) in [5.74, 6) is 0.619. The second kappa shape index (κ2) is 12.3. The number of hydrogen-bond donors (Lipinski definition) is 3. The molecule has 7 heteroatoms. The largest absolute Gasteiger partial charge is 0.491 e. The van der Waals surface area contributed by atoms with Crippen LogP contribution in [0.15, 0.2) is 91.0 Å². The lowest BCUT2D eigenvalue weighted by Gasteiger charge is -2.27. The van der Waals surface area contributed by atoms with Crippen molar-refractivity contribution in [3.8, 4) is 33.8 Å². The summed E-state index contributed by atoms with van der Waals surface area (Å²) >= 11 is 6.03. The molecule has 4 aromatic carbocycles. The lowest BCUT2D eigenvalue weighted by Crippen LogP contribution is -2.39. The normalized spacial score (nSPS) is 15.2. The number of benzene rings is 4. The number of rotatable bonds is 10. The van der Waals surface area contributed by atoms with E-state index in [9.17, 15) is 15.0 Å². The molecule has 39 heavy (non-hydrogen) atoms. The molecule has 0 saturated heterocycles. The van der Waals surface area contributed by atoms with Gasteiger partial charge in [0.2, 0.25) is 0 Å². The second-order valence-electron chi connectivity index (χ2n) is 9.61. The number of fused-ring (bicyclic) bond motifs is 1. The highest BCUT2D eigenvalue weighted by Crippen LogP contribution is 2.35. The molecule has 0 spiro atoms. The van der Waals surface area contributed by atoms with E-state index < -0.39 is 12.1 Å². The molecule has 5 rings (SSSR count). The molecule has 0 fully saturated rings. The molecule has 4 aromatic rings. The second-order valence-corrected chi connectivity index (χ2v) is 10.0. The predicted molar refractivity (Wildman–Crippen MR) is 153 cm³/mol. The van der Waals surface area contributed by atoms with Crippen molar-refractivity contribution >= 4 is 17.6 Å². The Hall–Kier alpha value is -3.84. The maximum Gasteiger partial charge on any atom is 0.336 e. The van der Waals surface area contributed by atoms with Gasteiger partial charge in [0.1, 0.15) is 30.3 Å². The summed E-state index contributed by atoms with van der Waals surface area (Å²) in [6.45, 7) is 1.27. The molecule has 0 amide bonds. The quantitative estimate of drug-likeness (QED) is 0.224. The smallest absolute Gasteiger partial charge is 0.336 e. The molecular formula is C32H30ClNO5. The number of aromatic carboxylic acids is 1. The first kappa shape index (κ1) is 26.8. The molecule has 0 aromatic heterocycles. The zero-order chi connectivity index (χ0) is 27.2. The SMILES string of the molecule is O=C(O)c1ccc(-c2ccc3c(c2)CC[C@H](CNC[C@H](O)COc2ccccc2)O3)cc1-c1ccc(Cl)cc1. The van der Waals surface area contributed by atoms with Gasteiger partial charge in [0, 0.05) is 18.1 Å². The Morgan fingerprint density at radius 3 is 2.46 bits per heavy atom. The van der Waals surface area contributed by atoms with Crippen LogP contribution in [0.2, 0.25) is 5.02 Å². The molecule has 0 radical (unpaired) electrons. The van der Waals surface area contributed by atoms with E-state index in [0.29, 0.717) is 23.7 Å². The predicted octanol–water partition coefficient (Wildman–Crippen LogP) is 6.10. The van der Waals surface area contributed by atoms with Crippen LogP contribution < -0.4 is 14.8 Å². The van der Waals surface area contributed by atoms with Crippen molar-refractivity contribution in [3.05, 3.63) is 107 Å². The van der Waals surface area contributed by atoms with Gasteiger partial charge >= 0.3 is 5.97 Å². The molecule has 1 aliphatic heterocycles. The molecule has 0 unspecified atom stereocenters. The first-order chi connectivity index (χ1) is 19.0. The van der Waals surface area contributed by atoms with Gasteiger partial charge in [-0.25, -0.2) is 4.79 Å². The average Bonchev–Trinajstić information content (AvgIpc) is 2.96. The third kappa shape index (κ3) is 6.79. The third-order valence-corrected chi connectivity index (χ3v) is 7.02. The van der Waals surface area contributed by atoms with Gasteiger partial charge < -0.3 is 25.0 Å². The molecule has 6 nitrogen and oxygen atoms in total. The monoisotopic (exact) mass is 543 g/mol. The summed E-state index contributed by atoms with van der Waals surface area (Å²) in [5, 5.41) is 23.8. The average molecular weight is 544 g/mol. The fraction of sp³-hybridized carbons (Fsp3) is 0.219. The lowest BCUT2D eigenvalue weighted by atomic mass is 9.92. The maximum absolute atomic E-state index is 11.9. The van der Waals surface area contributed by atoms with Gasteiger partial charge in [0.05, 0.1) is 5.56 Å². The number of halogens is 1. The summed E-state index contributed by atoms with van der Waals surface area (Å²) in [4.78, 5) is 11.9. The first-order valence-electron chi connectivity index (χ1n) is 13.0. The topological polar surface area (TPSA) is 88.0 Å². The number of nitrogens with one attached hydrogen (secondary N) is 1. The Labute approximate surface area is 232 Å². The third-order valence-electron chi connectivity index (χ3n) is 6.77. The number of carboxylic acid groups (broad SMARTS) is 1. The number of aliphatic hydroxyl groups is 1. The van der Waals surface area contributed by atoms with Crippen molar-refractivity contribution in [3.63, 3.8) is 0 Å². The van der Waals surface area contributed by atoms with E-state index in [1.54, 1.807) is 18.2 Å². The van der Waals surface area contributed by atoms with Gasteiger partial charge in [-0.2, -0.15) is 0 Å². The van der Waals surface area contributed by atoms with Crippen LogP contribution in [0, 0.1) is 0 Å². The van der Waals surface area contributed by atoms with E-state index >= 15 is 0 Å². The Morgan fingerprint density at radius 2 is 1.69 bits per heavy atom. The molecule has 1 heterocycles. The molecule has 0 bridgehead atoms. The summed E-state index contributed by atoms with van der Waals surface area (Å²) in [6.07, 6.45) is 1.12. The Kier molecular flexibility index (Phi) is 8.47. The number of carboxylic acids is 1. The van der Waals surface area contributed by atoms with E-state index in [0.717, 1.165) is 46.6 Å². The van der Waals surface area contributed by atoms with E-state index in [1.165, 1.54) is 0 Å². The molecule has 0 saturated carbocycles. The minimum absolute atomic E-state index is 0.0111.